The highest BCUT2D eigenvalue weighted by atomic mass is 35.5. The molecule has 42 heavy (non-hydrogen) atoms. The molecule has 0 bridgehead atoms. The van der Waals surface area contributed by atoms with Gasteiger partial charge in [-0.1, -0.05) is 23.7 Å². The third-order valence-corrected chi connectivity index (χ3v) is 8.88. The number of fused-ring (bicyclic) bond motifs is 1. The first kappa shape index (κ1) is 29.6. The SMILES string of the molecule is CNC(=O)COc1ccc(-c2nc3ncc(Cl)c(NC4CCN(Cc5ccc(N(C)S(C)(=O)=O)cc5)CC4)c3[nH]2)cc1. The summed E-state index contributed by atoms with van der Waals surface area (Å²) in [6, 6.07) is 15.2. The number of imidazole rings is 1. The quantitative estimate of drug-likeness (QED) is 0.246. The zero-order chi connectivity index (χ0) is 29.9. The number of sulfonamides is 1. The number of ether oxygens (including phenoxy) is 1. The van der Waals surface area contributed by atoms with Gasteiger partial charge in [-0.25, -0.2) is 18.4 Å². The summed E-state index contributed by atoms with van der Waals surface area (Å²) in [5, 5.41) is 6.68. The molecule has 4 aromatic rings. The Balaban J connectivity index is 1.21. The van der Waals surface area contributed by atoms with Gasteiger partial charge in [0.1, 0.15) is 17.1 Å². The minimum Gasteiger partial charge on any atom is -0.484 e. The molecule has 1 aliphatic heterocycles. The van der Waals surface area contributed by atoms with Gasteiger partial charge in [0.15, 0.2) is 12.3 Å². The first-order chi connectivity index (χ1) is 20.1. The molecule has 222 valence electrons. The van der Waals surface area contributed by atoms with Gasteiger partial charge in [0.25, 0.3) is 5.91 Å². The normalized spacial score (nSPS) is 14.6. The first-order valence-corrected chi connectivity index (χ1v) is 15.8. The van der Waals surface area contributed by atoms with Crippen LogP contribution < -0.4 is 19.7 Å². The lowest BCUT2D eigenvalue weighted by atomic mass is 10.0. The maximum Gasteiger partial charge on any atom is 0.257 e. The number of anilines is 2. The second kappa shape index (κ2) is 12.6. The molecular formula is C29H34ClN7O4S. The van der Waals surface area contributed by atoms with E-state index in [-0.39, 0.29) is 18.6 Å². The van der Waals surface area contributed by atoms with Crippen LogP contribution in [0.2, 0.25) is 5.02 Å². The number of pyridine rings is 1. The zero-order valence-electron chi connectivity index (χ0n) is 23.7. The largest absolute Gasteiger partial charge is 0.484 e. The lowest BCUT2D eigenvalue weighted by Crippen LogP contribution is -2.38. The molecule has 2 aromatic heterocycles. The second-order valence-electron chi connectivity index (χ2n) is 10.3. The summed E-state index contributed by atoms with van der Waals surface area (Å²) in [5.74, 6) is 1.05. The van der Waals surface area contributed by atoms with Crippen molar-refractivity contribution in [1.29, 1.82) is 0 Å². The van der Waals surface area contributed by atoms with Crippen LogP contribution in [0.1, 0.15) is 18.4 Å². The number of benzene rings is 2. The van der Waals surface area contributed by atoms with Crippen LogP contribution in [0.25, 0.3) is 22.6 Å². The van der Waals surface area contributed by atoms with E-state index in [1.807, 2.05) is 36.4 Å². The van der Waals surface area contributed by atoms with E-state index in [1.54, 1.807) is 32.4 Å². The Hall–Kier alpha value is -3.87. The number of hydrogen-bond acceptors (Lipinski definition) is 8. The van der Waals surface area contributed by atoms with Gasteiger partial charge in [0.2, 0.25) is 10.0 Å². The Morgan fingerprint density at radius 3 is 2.48 bits per heavy atom. The topological polar surface area (TPSA) is 133 Å². The number of likely N-dealkylation sites (N-methyl/N-ethyl adjacent to an activating group) is 1. The Labute approximate surface area is 250 Å². The molecule has 1 amide bonds. The van der Waals surface area contributed by atoms with Crippen LogP contribution in [-0.2, 0) is 21.4 Å². The second-order valence-corrected chi connectivity index (χ2v) is 12.8. The molecule has 2 aromatic carbocycles. The number of aromatic nitrogens is 3. The number of piperidine rings is 1. The van der Waals surface area contributed by atoms with E-state index in [1.165, 1.54) is 10.6 Å². The summed E-state index contributed by atoms with van der Waals surface area (Å²) in [7, 11) is -0.163. The third-order valence-electron chi connectivity index (χ3n) is 7.39. The summed E-state index contributed by atoms with van der Waals surface area (Å²) < 4.78 is 30.3. The molecule has 11 nitrogen and oxygen atoms in total. The van der Waals surface area contributed by atoms with Crippen molar-refractivity contribution in [3.8, 4) is 17.1 Å². The smallest absolute Gasteiger partial charge is 0.257 e. The van der Waals surface area contributed by atoms with Crippen LogP contribution in [-0.4, -0.2) is 80.3 Å². The minimum atomic E-state index is -3.28. The van der Waals surface area contributed by atoms with Gasteiger partial charge in [0.05, 0.1) is 28.9 Å². The summed E-state index contributed by atoms with van der Waals surface area (Å²) in [6.07, 6.45) is 4.69. The highest BCUT2D eigenvalue weighted by molar-refractivity contribution is 7.92. The predicted molar refractivity (Wildman–Crippen MR) is 166 cm³/mol. The molecule has 0 radical (unpaired) electrons. The number of H-pyrrole nitrogens is 1. The standard InChI is InChI=1S/C29H34ClN7O4S/c1-31-25(38)18-41-23-10-6-20(7-11-23)28-34-27-26(24(30)16-32-29(27)35-28)33-21-12-14-37(15-13-21)17-19-4-8-22(9-5-19)36(2)42(3,39)40/h4-11,16,21H,12-15,17-18H2,1-3H3,(H,31,38)(H2,32,33,34,35). The number of hydrogen-bond donors (Lipinski definition) is 3. The Morgan fingerprint density at radius 2 is 1.83 bits per heavy atom. The highest BCUT2D eigenvalue weighted by Gasteiger charge is 2.22. The number of likely N-dealkylation sites (tertiary alicyclic amines) is 1. The summed E-state index contributed by atoms with van der Waals surface area (Å²) >= 11 is 6.60. The molecule has 0 spiro atoms. The van der Waals surface area contributed by atoms with Crippen molar-refractivity contribution in [3.05, 3.63) is 65.3 Å². The summed E-state index contributed by atoms with van der Waals surface area (Å²) in [5.41, 5.74) is 4.75. The molecule has 0 atom stereocenters. The van der Waals surface area contributed by atoms with E-state index in [9.17, 15) is 13.2 Å². The monoisotopic (exact) mass is 611 g/mol. The molecule has 1 aliphatic rings. The molecule has 3 heterocycles. The lowest BCUT2D eigenvalue weighted by molar-refractivity contribution is -0.122. The molecule has 13 heteroatoms. The van der Waals surface area contributed by atoms with Crippen molar-refractivity contribution in [3.63, 3.8) is 0 Å². The van der Waals surface area contributed by atoms with Gasteiger partial charge in [-0.05, 0) is 54.8 Å². The maximum atomic E-state index is 11.8. The lowest BCUT2D eigenvalue weighted by Gasteiger charge is -2.33. The van der Waals surface area contributed by atoms with E-state index in [0.717, 1.165) is 54.8 Å². The molecule has 3 N–H and O–H groups in total. The number of carbonyl (C=O) groups excluding carboxylic acids is 1. The van der Waals surface area contributed by atoms with Gasteiger partial charge in [0, 0.05) is 45.3 Å². The van der Waals surface area contributed by atoms with E-state index >= 15 is 0 Å². The fourth-order valence-electron chi connectivity index (χ4n) is 4.84. The number of aromatic amines is 1. The molecule has 1 saturated heterocycles. The average Bonchev–Trinajstić information content (AvgIpc) is 3.43. The van der Waals surface area contributed by atoms with Crippen LogP contribution >= 0.6 is 11.6 Å². The highest BCUT2D eigenvalue weighted by Crippen LogP contribution is 2.32. The fraction of sp³-hybridized carbons (Fsp3) is 0.345. The predicted octanol–water partition coefficient (Wildman–Crippen LogP) is 3.88. The molecule has 1 fully saturated rings. The summed E-state index contributed by atoms with van der Waals surface area (Å²) in [4.78, 5) is 26.3. The third kappa shape index (κ3) is 6.94. The molecule has 0 aliphatic carbocycles. The van der Waals surface area contributed by atoms with Gasteiger partial charge in [-0.2, -0.15) is 0 Å². The van der Waals surface area contributed by atoms with E-state index in [0.29, 0.717) is 27.9 Å². The van der Waals surface area contributed by atoms with Crippen LogP contribution in [0, 0.1) is 0 Å². The van der Waals surface area contributed by atoms with Crippen LogP contribution in [0.15, 0.2) is 54.7 Å². The Kier molecular flexibility index (Phi) is 8.85. The zero-order valence-corrected chi connectivity index (χ0v) is 25.3. The Bertz CT molecular complexity index is 1650. The van der Waals surface area contributed by atoms with Gasteiger partial charge in [-0.3, -0.25) is 14.0 Å². The van der Waals surface area contributed by atoms with Crippen LogP contribution in [0.3, 0.4) is 0 Å². The van der Waals surface area contributed by atoms with Gasteiger partial charge in [-0.15, -0.1) is 0 Å². The summed E-state index contributed by atoms with van der Waals surface area (Å²) in [6.45, 7) is 2.58. The number of nitrogens with one attached hydrogen (secondary N) is 3. The van der Waals surface area contributed by atoms with Crippen LogP contribution in [0.4, 0.5) is 11.4 Å². The fourth-order valence-corrected chi connectivity index (χ4v) is 5.54. The van der Waals surface area contributed by atoms with Gasteiger partial charge < -0.3 is 20.4 Å². The number of amides is 1. The van der Waals surface area contributed by atoms with Crippen molar-refractivity contribution in [2.45, 2.75) is 25.4 Å². The number of rotatable bonds is 10. The number of carbonyl (C=O) groups is 1. The number of nitrogens with zero attached hydrogens (tertiary/aromatic N) is 4. The van der Waals surface area contributed by atoms with Crippen molar-refractivity contribution in [2.24, 2.45) is 0 Å². The molecular weight excluding hydrogens is 578 g/mol. The van der Waals surface area contributed by atoms with Crippen molar-refractivity contribution >= 4 is 50.1 Å². The van der Waals surface area contributed by atoms with Crippen molar-refractivity contribution < 1.29 is 17.9 Å². The van der Waals surface area contributed by atoms with E-state index in [4.69, 9.17) is 16.3 Å². The average molecular weight is 612 g/mol. The minimum absolute atomic E-state index is 0.0466. The van der Waals surface area contributed by atoms with Crippen molar-refractivity contribution in [1.82, 2.24) is 25.2 Å². The molecule has 5 rings (SSSR count). The maximum absolute atomic E-state index is 11.8. The first-order valence-electron chi connectivity index (χ1n) is 13.6. The van der Waals surface area contributed by atoms with Crippen molar-refractivity contribution in [2.75, 3.05) is 49.7 Å². The van der Waals surface area contributed by atoms with E-state index < -0.39 is 10.0 Å². The van der Waals surface area contributed by atoms with E-state index in [2.05, 4.69) is 30.5 Å². The molecule has 0 saturated carbocycles. The molecule has 0 unspecified atom stereocenters. The van der Waals surface area contributed by atoms with Crippen LogP contribution in [0.5, 0.6) is 5.75 Å². The number of halogens is 1. The van der Waals surface area contributed by atoms with Gasteiger partial charge >= 0.3 is 0 Å². The Morgan fingerprint density at radius 1 is 1.14 bits per heavy atom.